The van der Waals surface area contributed by atoms with E-state index in [1.54, 1.807) is 0 Å². The highest BCUT2D eigenvalue weighted by molar-refractivity contribution is 5.87. The molecule has 22 heavy (non-hydrogen) atoms. The Kier molecular flexibility index (Phi) is 3.79. The summed E-state index contributed by atoms with van der Waals surface area (Å²) in [5.41, 5.74) is 0.754. The summed E-state index contributed by atoms with van der Waals surface area (Å²) in [4.78, 5) is 19.8. The summed E-state index contributed by atoms with van der Waals surface area (Å²) in [6.45, 7) is 0. The summed E-state index contributed by atoms with van der Waals surface area (Å²) in [5.74, 6) is 4.70. The van der Waals surface area contributed by atoms with Gasteiger partial charge in [0.1, 0.15) is 6.33 Å². The van der Waals surface area contributed by atoms with Gasteiger partial charge in [0.05, 0.1) is 27.7 Å². The molecule has 0 saturated carbocycles. The number of nitrogen functional groups attached to an aromatic ring is 1. The van der Waals surface area contributed by atoms with Crippen LogP contribution in [0, 0.1) is 20.2 Å². The lowest BCUT2D eigenvalue weighted by atomic mass is 10.1. The summed E-state index contributed by atoms with van der Waals surface area (Å²) in [6, 6.07) is 1.58. The van der Waals surface area contributed by atoms with Gasteiger partial charge in [-0.3, -0.25) is 20.2 Å². The number of aromatic hydroxyl groups is 1. The average Bonchev–Trinajstić information content (AvgIpc) is 2.85. The van der Waals surface area contributed by atoms with Crippen molar-refractivity contribution >= 4 is 23.5 Å². The number of phenolic OH excluding ortho intramolecular Hbond substituents is 1. The van der Waals surface area contributed by atoms with Gasteiger partial charge in [0.15, 0.2) is 0 Å². The molecule has 13 heteroatoms. The molecule has 0 bridgehead atoms. The van der Waals surface area contributed by atoms with E-state index in [1.807, 2.05) is 0 Å². The second-order valence-corrected chi connectivity index (χ2v) is 3.85. The van der Waals surface area contributed by atoms with E-state index in [2.05, 4.69) is 20.7 Å². The third-order valence-electron chi connectivity index (χ3n) is 2.45. The van der Waals surface area contributed by atoms with E-state index >= 15 is 0 Å². The lowest BCUT2D eigenvalue weighted by Crippen LogP contribution is -2.10. The van der Waals surface area contributed by atoms with Crippen molar-refractivity contribution in [3.05, 3.63) is 44.3 Å². The van der Waals surface area contributed by atoms with E-state index in [9.17, 15) is 25.3 Å². The molecule has 0 spiro atoms. The second-order valence-electron chi connectivity index (χ2n) is 3.85. The molecule has 114 valence electrons. The molecule has 2 aromatic rings. The van der Waals surface area contributed by atoms with Crippen LogP contribution in [-0.4, -0.2) is 36.0 Å². The highest BCUT2D eigenvalue weighted by Crippen LogP contribution is 2.33. The van der Waals surface area contributed by atoms with Crippen LogP contribution in [0.15, 0.2) is 23.6 Å². The van der Waals surface area contributed by atoms with Gasteiger partial charge >= 0.3 is 5.69 Å². The highest BCUT2D eigenvalue weighted by atomic mass is 16.6. The fourth-order valence-electron chi connectivity index (χ4n) is 1.45. The number of nitro benzene ring substituents is 2. The monoisotopic (exact) mass is 308 g/mol. The molecule has 0 saturated heterocycles. The Morgan fingerprint density at radius 2 is 2.09 bits per heavy atom. The number of nitrogens with two attached hydrogens (primary N) is 1. The molecule has 0 aliphatic rings. The van der Waals surface area contributed by atoms with Gasteiger partial charge in [-0.05, 0) is 0 Å². The quantitative estimate of drug-likeness (QED) is 0.294. The standard InChI is InChI=1S/C9H8N8O5/c10-15-4-12-14-9(15)13-11-3-5-1-6(16(19)20)2-7(8(5)18)17(21)22/h1-4,18H,10H2,(H,13,14)/b11-3+. The molecule has 1 aromatic carbocycles. The van der Waals surface area contributed by atoms with Gasteiger partial charge < -0.3 is 10.9 Å². The molecular formula is C9H8N8O5. The lowest BCUT2D eigenvalue weighted by Gasteiger charge is -2.01. The SMILES string of the molecule is Nn1cnnc1N/N=C/c1cc([N+](=O)[O-])cc([N+](=O)[O-])c1O. The molecule has 0 unspecified atom stereocenters. The minimum atomic E-state index is -0.941. The number of hydrogen-bond acceptors (Lipinski definition) is 10. The van der Waals surface area contributed by atoms with Gasteiger partial charge in [-0.15, -0.1) is 10.2 Å². The van der Waals surface area contributed by atoms with Crippen molar-refractivity contribution in [2.45, 2.75) is 0 Å². The first-order valence-corrected chi connectivity index (χ1v) is 5.50. The number of rotatable bonds is 5. The number of aromatic nitrogens is 3. The number of anilines is 1. The Morgan fingerprint density at radius 3 is 2.64 bits per heavy atom. The highest BCUT2D eigenvalue weighted by Gasteiger charge is 2.23. The zero-order valence-electron chi connectivity index (χ0n) is 10.7. The number of hydrogen-bond donors (Lipinski definition) is 3. The van der Waals surface area contributed by atoms with E-state index in [0.29, 0.717) is 6.07 Å². The summed E-state index contributed by atoms with van der Waals surface area (Å²) in [6.07, 6.45) is 2.14. The summed E-state index contributed by atoms with van der Waals surface area (Å²) >= 11 is 0. The van der Waals surface area contributed by atoms with Crippen molar-refractivity contribution in [2.24, 2.45) is 5.10 Å². The molecule has 1 aromatic heterocycles. The minimum absolute atomic E-state index is 0.0515. The van der Waals surface area contributed by atoms with E-state index in [4.69, 9.17) is 5.84 Å². The van der Waals surface area contributed by atoms with Crippen LogP contribution in [-0.2, 0) is 0 Å². The zero-order chi connectivity index (χ0) is 16.3. The molecule has 0 fully saturated rings. The third-order valence-corrected chi connectivity index (χ3v) is 2.45. The van der Waals surface area contributed by atoms with Crippen molar-refractivity contribution in [2.75, 3.05) is 11.3 Å². The molecule has 0 aliphatic heterocycles. The first-order chi connectivity index (χ1) is 10.4. The number of non-ortho nitro benzene ring substituents is 1. The molecule has 1 heterocycles. The molecule has 4 N–H and O–H groups in total. The molecule has 0 radical (unpaired) electrons. The number of benzene rings is 1. The zero-order valence-corrected chi connectivity index (χ0v) is 10.7. The van der Waals surface area contributed by atoms with Crippen LogP contribution in [0.1, 0.15) is 5.56 Å². The van der Waals surface area contributed by atoms with Crippen LogP contribution in [0.5, 0.6) is 5.75 Å². The van der Waals surface area contributed by atoms with Gasteiger partial charge in [-0.2, -0.15) is 5.10 Å². The van der Waals surface area contributed by atoms with Gasteiger partial charge in [0, 0.05) is 6.07 Å². The molecule has 0 atom stereocenters. The van der Waals surface area contributed by atoms with Crippen LogP contribution in [0.3, 0.4) is 0 Å². The van der Waals surface area contributed by atoms with Gasteiger partial charge in [-0.1, -0.05) is 0 Å². The lowest BCUT2D eigenvalue weighted by molar-refractivity contribution is -0.394. The summed E-state index contributed by atoms with van der Waals surface area (Å²) < 4.78 is 1.01. The molecule has 2 rings (SSSR count). The molecule has 0 amide bonds. The largest absolute Gasteiger partial charge is 0.502 e. The van der Waals surface area contributed by atoms with Crippen molar-refractivity contribution in [1.29, 1.82) is 0 Å². The van der Waals surface area contributed by atoms with Crippen LogP contribution in [0.25, 0.3) is 0 Å². The van der Waals surface area contributed by atoms with Crippen molar-refractivity contribution in [3.8, 4) is 5.75 Å². The maximum absolute atomic E-state index is 10.8. The normalized spacial score (nSPS) is 10.7. The Morgan fingerprint density at radius 1 is 1.36 bits per heavy atom. The number of nitrogens with one attached hydrogen (secondary N) is 1. The number of nitrogens with zero attached hydrogens (tertiary/aromatic N) is 6. The topological polar surface area (TPSA) is 188 Å². The maximum atomic E-state index is 10.8. The summed E-state index contributed by atoms with van der Waals surface area (Å²) in [5, 5.41) is 41.9. The fourth-order valence-corrected chi connectivity index (χ4v) is 1.45. The van der Waals surface area contributed by atoms with Crippen molar-refractivity contribution < 1.29 is 15.0 Å². The Hall–Kier alpha value is -3.77. The fraction of sp³-hybridized carbons (Fsp3) is 0. The van der Waals surface area contributed by atoms with E-state index in [1.165, 1.54) is 6.33 Å². The maximum Gasteiger partial charge on any atom is 0.318 e. The average molecular weight is 308 g/mol. The van der Waals surface area contributed by atoms with Crippen molar-refractivity contribution in [3.63, 3.8) is 0 Å². The van der Waals surface area contributed by atoms with Crippen LogP contribution in [0.4, 0.5) is 17.3 Å². The Balaban J connectivity index is 2.35. The number of nitro groups is 2. The molecule has 13 nitrogen and oxygen atoms in total. The van der Waals surface area contributed by atoms with Gasteiger partial charge in [-0.25, -0.2) is 10.1 Å². The van der Waals surface area contributed by atoms with Gasteiger partial charge in [0.25, 0.3) is 11.6 Å². The predicted octanol–water partition coefficient (Wildman–Crippen LogP) is -0.0401. The summed E-state index contributed by atoms with van der Waals surface area (Å²) in [7, 11) is 0. The van der Waals surface area contributed by atoms with E-state index < -0.39 is 27.0 Å². The molecule has 0 aliphatic carbocycles. The van der Waals surface area contributed by atoms with Gasteiger partial charge in [0.2, 0.25) is 5.75 Å². The Labute approximate surface area is 121 Å². The number of phenols is 1. The van der Waals surface area contributed by atoms with E-state index in [0.717, 1.165) is 17.0 Å². The minimum Gasteiger partial charge on any atom is -0.502 e. The Bertz CT molecular complexity index is 769. The predicted molar refractivity (Wildman–Crippen MR) is 72.8 cm³/mol. The smallest absolute Gasteiger partial charge is 0.318 e. The first kappa shape index (κ1) is 14.6. The van der Waals surface area contributed by atoms with E-state index in [-0.39, 0.29) is 11.5 Å². The second kappa shape index (κ2) is 5.70. The van der Waals surface area contributed by atoms with Crippen LogP contribution < -0.4 is 11.3 Å². The van der Waals surface area contributed by atoms with Crippen LogP contribution in [0.2, 0.25) is 0 Å². The first-order valence-electron chi connectivity index (χ1n) is 5.50. The number of hydrazone groups is 1. The van der Waals surface area contributed by atoms with Crippen LogP contribution >= 0.6 is 0 Å². The molecular weight excluding hydrogens is 300 g/mol. The van der Waals surface area contributed by atoms with Crippen molar-refractivity contribution in [1.82, 2.24) is 14.9 Å². The third kappa shape index (κ3) is 2.87.